The van der Waals surface area contributed by atoms with E-state index in [2.05, 4.69) is 329 Å². The van der Waals surface area contributed by atoms with E-state index in [-0.39, 0.29) is 10.8 Å². The van der Waals surface area contributed by atoms with Gasteiger partial charge in [-0.2, -0.15) is 0 Å². The third-order valence-electron chi connectivity index (χ3n) is 17.7. The van der Waals surface area contributed by atoms with Gasteiger partial charge in [-0.3, -0.25) is 0 Å². The topological polar surface area (TPSA) is 6.48 Å². The van der Waals surface area contributed by atoms with E-state index in [4.69, 9.17) is 0 Å². The average molecular weight is 1050 g/mol. The lowest BCUT2D eigenvalue weighted by Crippen LogP contribution is -2.16. The molecule has 0 saturated heterocycles. The fourth-order valence-corrected chi connectivity index (χ4v) is 13.2. The second kappa shape index (κ2) is 19.4. The Morgan fingerprint density at radius 2 is 0.451 bits per heavy atom. The number of hydrogen-bond donors (Lipinski definition) is 0. The molecule has 2 aliphatic carbocycles. The molecule has 390 valence electrons. The van der Waals surface area contributed by atoms with Gasteiger partial charge in [0.05, 0.1) is 0 Å². The predicted octanol–water partition coefficient (Wildman–Crippen LogP) is 22.2. The van der Waals surface area contributed by atoms with E-state index < -0.39 is 0 Å². The molecule has 0 saturated carbocycles. The van der Waals surface area contributed by atoms with E-state index in [0.717, 1.165) is 34.1 Å². The van der Waals surface area contributed by atoms with E-state index in [1.165, 1.54) is 110 Å². The van der Waals surface area contributed by atoms with Crippen LogP contribution < -0.4 is 9.80 Å². The molecule has 0 amide bonds. The molecule has 0 bridgehead atoms. The Hall–Kier alpha value is -10.0. The van der Waals surface area contributed by atoms with Crippen molar-refractivity contribution in [3.8, 4) is 22.3 Å². The van der Waals surface area contributed by atoms with E-state index in [9.17, 15) is 0 Å². The van der Waals surface area contributed by atoms with Gasteiger partial charge in [0.1, 0.15) is 0 Å². The highest BCUT2D eigenvalue weighted by Crippen LogP contribution is 2.53. The van der Waals surface area contributed by atoms with E-state index in [1.807, 2.05) is 0 Å². The van der Waals surface area contributed by atoms with Crippen molar-refractivity contribution in [2.75, 3.05) is 9.80 Å². The van der Waals surface area contributed by atoms with Crippen LogP contribution in [0.25, 0.3) is 89.6 Å². The molecule has 2 aliphatic rings. The quantitative estimate of drug-likeness (QED) is 0.126. The van der Waals surface area contributed by atoms with E-state index >= 15 is 0 Å². The molecule has 13 aromatic rings. The number of hydrogen-bond acceptors (Lipinski definition) is 2. The highest BCUT2D eigenvalue weighted by Gasteiger charge is 2.38. The van der Waals surface area contributed by atoms with E-state index in [0.29, 0.717) is 0 Å². The van der Waals surface area contributed by atoms with Gasteiger partial charge >= 0.3 is 0 Å². The minimum absolute atomic E-state index is 0.196. The summed E-state index contributed by atoms with van der Waals surface area (Å²) in [6.07, 6.45) is 8.99. The van der Waals surface area contributed by atoms with Crippen molar-refractivity contribution in [2.24, 2.45) is 0 Å². The first-order valence-electron chi connectivity index (χ1n) is 28.7. The summed E-state index contributed by atoms with van der Waals surface area (Å²) < 4.78 is 0. The lowest BCUT2D eigenvalue weighted by Gasteiger charge is -2.28. The van der Waals surface area contributed by atoms with Crippen LogP contribution in [0.4, 0.5) is 34.1 Å². The maximum atomic E-state index is 2.43. The molecule has 0 aromatic heterocycles. The van der Waals surface area contributed by atoms with Crippen LogP contribution in [-0.4, -0.2) is 0 Å². The van der Waals surface area contributed by atoms with Gasteiger partial charge in [-0.15, -0.1) is 0 Å². The highest BCUT2D eigenvalue weighted by molar-refractivity contribution is 5.96. The van der Waals surface area contributed by atoms with Crippen LogP contribution in [0.5, 0.6) is 0 Å². The molecule has 82 heavy (non-hydrogen) atoms. The summed E-state index contributed by atoms with van der Waals surface area (Å²) in [4.78, 5) is 4.84. The van der Waals surface area contributed by atoms with Crippen molar-refractivity contribution in [1.29, 1.82) is 0 Å². The average Bonchev–Trinajstić information content (AvgIpc) is 3.60. The number of benzene rings is 13. The van der Waals surface area contributed by atoms with Crippen molar-refractivity contribution in [3.05, 3.63) is 311 Å². The molecular weight excluding hydrogens is 989 g/mol. The number of rotatable bonds is 10. The van der Waals surface area contributed by atoms with Crippen molar-refractivity contribution in [3.63, 3.8) is 0 Å². The number of fused-ring (bicyclic) bond motifs is 10. The molecule has 0 aliphatic heterocycles. The molecular formula is C80H60N2. The maximum Gasteiger partial charge on any atom is 0.0468 e. The van der Waals surface area contributed by atoms with Crippen molar-refractivity contribution >= 4 is 102 Å². The fraction of sp³-hybridized carbons (Fsp3) is 0.0750. The molecule has 2 nitrogen and oxygen atoms in total. The molecule has 0 heterocycles. The molecule has 0 radical (unpaired) electrons. The van der Waals surface area contributed by atoms with Crippen LogP contribution in [-0.2, 0) is 10.8 Å². The number of nitrogens with zero attached hydrogens (tertiary/aromatic N) is 2. The van der Waals surface area contributed by atoms with Crippen molar-refractivity contribution in [1.82, 2.24) is 0 Å². The van der Waals surface area contributed by atoms with Gasteiger partial charge in [0.25, 0.3) is 0 Å². The van der Waals surface area contributed by atoms with Crippen molar-refractivity contribution < 1.29 is 0 Å². The maximum absolute atomic E-state index is 2.43. The summed E-state index contributed by atoms with van der Waals surface area (Å²) in [5.41, 5.74) is 21.8. The second-order valence-corrected chi connectivity index (χ2v) is 23.4. The van der Waals surface area contributed by atoms with Gasteiger partial charge in [0.2, 0.25) is 0 Å². The normalized spacial score (nSPS) is 13.7. The largest absolute Gasteiger partial charge is 0.310 e. The second-order valence-electron chi connectivity index (χ2n) is 23.4. The smallest absolute Gasteiger partial charge is 0.0468 e. The lowest BCUT2D eigenvalue weighted by molar-refractivity contribution is 0.660. The summed E-state index contributed by atoms with van der Waals surface area (Å²) in [5, 5.41) is 9.86. The van der Waals surface area contributed by atoms with Crippen molar-refractivity contribution in [2.45, 2.75) is 38.5 Å². The Bertz CT molecular complexity index is 4300. The molecule has 0 N–H and O–H groups in total. The Balaban J connectivity index is 0.666. The Kier molecular flexibility index (Phi) is 11.6. The predicted molar refractivity (Wildman–Crippen MR) is 352 cm³/mol. The third-order valence-corrected chi connectivity index (χ3v) is 17.7. The van der Waals surface area contributed by atoms with Gasteiger partial charge < -0.3 is 9.80 Å². The highest BCUT2D eigenvalue weighted by atomic mass is 15.1. The van der Waals surface area contributed by atoms with Crippen LogP contribution in [0.15, 0.2) is 267 Å². The number of anilines is 6. The summed E-state index contributed by atoms with van der Waals surface area (Å²) in [6.45, 7) is 9.52. The van der Waals surface area contributed by atoms with Gasteiger partial charge in [0, 0.05) is 45.0 Å². The zero-order valence-electron chi connectivity index (χ0n) is 46.6. The Morgan fingerprint density at radius 3 is 0.768 bits per heavy atom. The molecule has 15 rings (SSSR count). The first kappa shape index (κ1) is 49.1. The fourth-order valence-electron chi connectivity index (χ4n) is 13.2. The molecule has 0 unspecified atom stereocenters. The third kappa shape index (κ3) is 8.50. The monoisotopic (exact) mass is 1050 g/mol. The van der Waals surface area contributed by atoms with Crippen LogP contribution in [0.1, 0.15) is 72.2 Å². The molecule has 13 aromatic carbocycles. The first-order valence-corrected chi connectivity index (χ1v) is 28.7. The minimum atomic E-state index is -0.196. The van der Waals surface area contributed by atoms with Crippen LogP contribution in [0, 0.1) is 0 Å². The zero-order chi connectivity index (χ0) is 55.1. The summed E-state index contributed by atoms with van der Waals surface area (Å²) in [7, 11) is 0. The Morgan fingerprint density at radius 1 is 0.220 bits per heavy atom. The van der Waals surface area contributed by atoms with Gasteiger partial charge in [0.15, 0.2) is 0 Å². The molecule has 0 spiro atoms. The summed E-state index contributed by atoms with van der Waals surface area (Å²) >= 11 is 0. The lowest BCUT2D eigenvalue weighted by atomic mass is 9.81. The van der Waals surface area contributed by atoms with Crippen LogP contribution >= 0.6 is 0 Å². The zero-order valence-corrected chi connectivity index (χ0v) is 46.6. The summed E-state index contributed by atoms with van der Waals surface area (Å²) in [6, 6.07) is 98.8. The summed E-state index contributed by atoms with van der Waals surface area (Å²) in [5.74, 6) is 0. The molecule has 0 atom stereocenters. The first-order chi connectivity index (χ1) is 40.1. The molecule has 0 fully saturated rings. The Labute approximate surface area is 480 Å². The molecule has 2 heteroatoms. The van der Waals surface area contributed by atoms with Gasteiger partial charge in [-0.05, 0) is 183 Å². The minimum Gasteiger partial charge on any atom is -0.310 e. The standard InChI is InChI=1S/C80H60N2/c1-79(2)75-45-55(29-41-71(75)73-43-39-69(51-77(73)79)81(65-35-31-57-13-5-9-17-61(57)47-65)66-36-32-58-14-6-10-18-62(58)48-66)27-25-53-21-23-54(24-22-53)26-28-56-30-42-72-74-44-40-70(52-78(74)80(3,4)76(72)46-56)82(67-37-33-59-15-7-11-19-63(59)49-67)68-38-34-60-16-8-12-20-64(60)50-68/h5-52H,1-4H3/b27-25+,28-26+. The van der Waals surface area contributed by atoms with Crippen LogP contribution in [0.3, 0.4) is 0 Å². The van der Waals surface area contributed by atoms with Gasteiger partial charge in [-0.25, -0.2) is 0 Å². The van der Waals surface area contributed by atoms with Crippen LogP contribution in [0.2, 0.25) is 0 Å². The van der Waals surface area contributed by atoms with E-state index in [1.54, 1.807) is 0 Å². The van der Waals surface area contributed by atoms with Gasteiger partial charge in [-0.1, -0.05) is 246 Å². The SMILES string of the molecule is CC1(C)c2cc(/C=C/c3ccc(/C=C/c4ccc5c(c4)C(C)(C)c4cc(N(c6ccc7ccccc7c6)c6ccc7ccccc7c6)ccc4-5)cc3)ccc2-c2ccc(N(c3ccc4ccccc4c3)c3ccc4ccccc4c3)cc21.